The van der Waals surface area contributed by atoms with E-state index >= 15 is 0 Å². The molecule has 2 aromatic rings. The van der Waals surface area contributed by atoms with Gasteiger partial charge in [-0.05, 0) is 22.8 Å². The van der Waals surface area contributed by atoms with Crippen LogP contribution in [0.5, 0.6) is 0 Å². The minimum Gasteiger partial charge on any atom is -0.478 e. The van der Waals surface area contributed by atoms with Crippen molar-refractivity contribution < 1.29 is 19.4 Å². The number of carboxylic acid groups (broad SMARTS) is 1. The third-order valence-electron chi connectivity index (χ3n) is 3.45. The summed E-state index contributed by atoms with van der Waals surface area (Å²) in [5.41, 5.74) is 2.73. The zero-order valence-electron chi connectivity index (χ0n) is 12.9. The summed E-state index contributed by atoms with van der Waals surface area (Å²) in [6, 6.07) is 14.4. The molecular formula is C18H19NO4. The molecule has 0 aliphatic carbocycles. The Kier molecular flexibility index (Phi) is 5.88. The molecule has 0 aliphatic rings. The van der Waals surface area contributed by atoms with Crippen LogP contribution in [0.3, 0.4) is 0 Å². The summed E-state index contributed by atoms with van der Waals surface area (Å²) in [7, 11) is 1.56. The number of ether oxygens (including phenoxy) is 1. The van der Waals surface area contributed by atoms with Crippen LogP contribution < -0.4 is 5.32 Å². The van der Waals surface area contributed by atoms with Gasteiger partial charge >= 0.3 is 5.97 Å². The summed E-state index contributed by atoms with van der Waals surface area (Å²) in [5.74, 6) is -1.01. The van der Waals surface area contributed by atoms with Gasteiger partial charge in [0, 0.05) is 20.1 Å². The number of hydrogen-bond donors (Lipinski definition) is 2. The summed E-state index contributed by atoms with van der Waals surface area (Å²) in [4.78, 5) is 22.8. The van der Waals surface area contributed by atoms with Crippen molar-refractivity contribution in [1.82, 2.24) is 5.32 Å². The Morgan fingerprint density at radius 3 is 2.43 bits per heavy atom. The first-order valence-electron chi connectivity index (χ1n) is 7.29. The van der Waals surface area contributed by atoms with Crippen LogP contribution in [0.1, 0.15) is 22.3 Å². The molecule has 2 rings (SSSR count). The predicted octanol–water partition coefficient (Wildman–Crippen LogP) is 2.70. The second kappa shape index (κ2) is 8.10. The number of hydrogen-bond acceptors (Lipinski definition) is 3. The predicted molar refractivity (Wildman–Crippen MR) is 87.2 cm³/mol. The van der Waals surface area contributed by atoms with Crippen LogP contribution in [0.15, 0.2) is 48.5 Å². The van der Waals surface area contributed by atoms with Crippen LogP contribution in [-0.2, 0) is 16.1 Å². The molecule has 0 atom stereocenters. The number of amides is 1. The van der Waals surface area contributed by atoms with Gasteiger partial charge in [0.15, 0.2) is 0 Å². The van der Waals surface area contributed by atoms with E-state index in [1.165, 1.54) is 0 Å². The van der Waals surface area contributed by atoms with E-state index in [0.29, 0.717) is 25.1 Å². The Morgan fingerprint density at radius 2 is 1.78 bits per heavy atom. The van der Waals surface area contributed by atoms with Crippen LogP contribution in [0.25, 0.3) is 11.1 Å². The Labute approximate surface area is 134 Å². The average Bonchev–Trinajstić information content (AvgIpc) is 2.58. The van der Waals surface area contributed by atoms with Crippen molar-refractivity contribution in [3.63, 3.8) is 0 Å². The SMILES string of the molecule is COCCC(=O)NCc1ccc(-c2ccccc2C(=O)O)cc1. The van der Waals surface area contributed by atoms with Gasteiger partial charge < -0.3 is 15.2 Å². The van der Waals surface area contributed by atoms with E-state index < -0.39 is 5.97 Å². The lowest BCUT2D eigenvalue weighted by Gasteiger charge is -2.08. The molecule has 0 spiro atoms. The van der Waals surface area contributed by atoms with Gasteiger partial charge in [-0.25, -0.2) is 4.79 Å². The first-order valence-corrected chi connectivity index (χ1v) is 7.29. The third kappa shape index (κ3) is 4.66. The molecule has 0 fully saturated rings. The maximum atomic E-state index is 11.5. The molecule has 1 amide bonds. The van der Waals surface area contributed by atoms with Crippen LogP contribution in [0, 0.1) is 0 Å². The molecule has 0 heterocycles. The smallest absolute Gasteiger partial charge is 0.336 e. The molecule has 0 aromatic heterocycles. The number of benzene rings is 2. The minimum absolute atomic E-state index is 0.0628. The standard InChI is InChI=1S/C18H19NO4/c1-23-11-10-17(20)19-12-13-6-8-14(9-7-13)15-4-2-3-5-16(15)18(21)22/h2-9H,10-12H2,1H3,(H,19,20)(H,21,22). The van der Waals surface area contributed by atoms with Crippen LogP contribution in [0.4, 0.5) is 0 Å². The molecule has 120 valence electrons. The fourth-order valence-electron chi connectivity index (χ4n) is 2.21. The van der Waals surface area contributed by atoms with Crippen LogP contribution in [0.2, 0.25) is 0 Å². The summed E-state index contributed by atoms with van der Waals surface area (Å²) < 4.78 is 4.85. The van der Waals surface area contributed by atoms with E-state index in [-0.39, 0.29) is 11.5 Å². The largest absolute Gasteiger partial charge is 0.478 e. The number of carbonyl (C=O) groups is 2. The quantitative estimate of drug-likeness (QED) is 0.824. The maximum absolute atomic E-state index is 11.5. The Bertz CT molecular complexity index is 680. The zero-order valence-corrected chi connectivity index (χ0v) is 12.9. The van der Waals surface area contributed by atoms with Crippen molar-refractivity contribution in [1.29, 1.82) is 0 Å². The summed E-state index contributed by atoms with van der Waals surface area (Å²) in [6.07, 6.45) is 0.334. The van der Waals surface area contributed by atoms with Crippen molar-refractivity contribution in [3.05, 3.63) is 59.7 Å². The van der Waals surface area contributed by atoms with Gasteiger partial charge in [-0.15, -0.1) is 0 Å². The third-order valence-corrected chi connectivity index (χ3v) is 3.45. The summed E-state index contributed by atoms with van der Waals surface area (Å²) in [6.45, 7) is 0.833. The first kappa shape index (κ1) is 16.7. The number of nitrogens with one attached hydrogen (secondary N) is 1. The minimum atomic E-state index is -0.949. The Balaban J connectivity index is 2.05. The Hall–Kier alpha value is -2.66. The van der Waals surface area contributed by atoms with Crippen molar-refractivity contribution in [2.75, 3.05) is 13.7 Å². The number of methoxy groups -OCH3 is 1. The van der Waals surface area contributed by atoms with Gasteiger partial charge in [0.1, 0.15) is 0 Å². The molecule has 2 aromatic carbocycles. The molecule has 5 heteroatoms. The van der Waals surface area contributed by atoms with Crippen molar-refractivity contribution >= 4 is 11.9 Å². The van der Waals surface area contributed by atoms with Gasteiger partial charge in [-0.1, -0.05) is 42.5 Å². The number of carbonyl (C=O) groups excluding carboxylic acids is 1. The Morgan fingerprint density at radius 1 is 1.09 bits per heavy atom. The van der Waals surface area contributed by atoms with Crippen LogP contribution in [-0.4, -0.2) is 30.7 Å². The number of rotatable bonds is 7. The molecule has 2 N–H and O–H groups in total. The second-order valence-electron chi connectivity index (χ2n) is 5.07. The van der Waals surface area contributed by atoms with E-state index in [2.05, 4.69) is 5.32 Å². The van der Waals surface area contributed by atoms with Crippen molar-refractivity contribution in [2.45, 2.75) is 13.0 Å². The lowest BCUT2D eigenvalue weighted by atomic mass is 9.99. The normalized spacial score (nSPS) is 10.3. The molecule has 5 nitrogen and oxygen atoms in total. The highest BCUT2D eigenvalue weighted by Crippen LogP contribution is 2.24. The lowest BCUT2D eigenvalue weighted by molar-refractivity contribution is -0.122. The molecule has 0 unspecified atom stereocenters. The monoisotopic (exact) mass is 313 g/mol. The maximum Gasteiger partial charge on any atom is 0.336 e. The molecule has 0 saturated carbocycles. The van der Waals surface area contributed by atoms with Crippen molar-refractivity contribution in [2.24, 2.45) is 0 Å². The second-order valence-corrected chi connectivity index (χ2v) is 5.07. The average molecular weight is 313 g/mol. The van der Waals surface area contributed by atoms with Gasteiger partial charge in [0.2, 0.25) is 5.91 Å². The summed E-state index contributed by atoms with van der Waals surface area (Å²) in [5, 5.41) is 12.0. The van der Waals surface area contributed by atoms with E-state index in [0.717, 1.165) is 11.1 Å². The number of aromatic carboxylic acids is 1. The fraction of sp³-hybridized carbons (Fsp3) is 0.222. The highest BCUT2D eigenvalue weighted by Gasteiger charge is 2.10. The van der Waals surface area contributed by atoms with Gasteiger partial charge in [0.05, 0.1) is 12.2 Å². The van der Waals surface area contributed by atoms with Gasteiger partial charge in [-0.3, -0.25) is 4.79 Å². The fourth-order valence-corrected chi connectivity index (χ4v) is 2.21. The van der Waals surface area contributed by atoms with Gasteiger partial charge in [0.25, 0.3) is 0 Å². The van der Waals surface area contributed by atoms with E-state index in [1.54, 1.807) is 25.3 Å². The van der Waals surface area contributed by atoms with Crippen molar-refractivity contribution in [3.8, 4) is 11.1 Å². The molecule has 23 heavy (non-hydrogen) atoms. The molecule has 0 radical (unpaired) electrons. The van der Waals surface area contributed by atoms with Gasteiger partial charge in [-0.2, -0.15) is 0 Å². The van der Waals surface area contributed by atoms with Crippen LogP contribution >= 0.6 is 0 Å². The highest BCUT2D eigenvalue weighted by molar-refractivity contribution is 5.95. The summed E-state index contributed by atoms with van der Waals surface area (Å²) >= 11 is 0. The molecule has 0 saturated heterocycles. The number of carboxylic acids is 1. The van der Waals surface area contributed by atoms with E-state index in [1.807, 2.05) is 30.3 Å². The van der Waals surface area contributed by atoms with E-state index in [9.17, 15) is 14.7 Å². The topological polar surface area (TPSA) is 75.6 Å². The highest BCUT2D eigenvalue weighted by atomic mass is 16.5. The first-order chi connectivity index (χ1) is 11.1. The van der Waals surface area contributed by atoms with E-state index in [4.69, 9.17) is 4.74 Å². The molecule has 0 bridgehead atoms. The zero-order chi connectivity index (χ0) is 16.7. The molecular weight excluding hydrogens is 294 g/mol. The molecule has 0 aliphatic heterocycles. The lowest BCUT2D eigenvalue weighted by Crippen LogP contribution is -2.23.